The van der Waals surface area contributed by atoms with E-state index in [1.807, 2.05) is 0 Å². The van der Waals surface area contributed by atoms with Gasteiger partial charge in [0.1, 0.15) is 0 Å². The summed E-state index contributed by atoms with van der Waals surface area (Å²) >= 11 is -4.12. The number of nitrogens with zero attached hydrogens (tertiary/aromatic N) is 6. The van der Waals surface area contributed by atoms with Crippen molar-refractivity contribution in [3.63, 3.8) is 0 Å². The highest BCUT2D eigenvalue weighted by Gasteiger charge is 2.20. The van der Waals surface area contributed by atoms with E-state index in [2.05, 4.69) is 20.1 Å². The minimum Gasteiger partial charge on any atom is -0.327 e. The Hall–Kier alpha value is 0.160. The molecule has 162 valence electrons. The molecule has 0 fully saturated rings. The molecule has 28 heavy (non-hydrogen) atoms. The van der Waals surface area contributed by atoms with Gasteiger partial charge in [-0.05, 0) is 11.1 Å². The van der Waals surface area contributed by atoms with Gasteiger partial charge in [-0.25, -0.2) is 8.42 Å². The number of rotatable bonds is 17. The SMILES string of the molecule is [N-]=[N+]=N[C@H](CSSCCSSC[C@@H](N)[C@@H](CS(=O)O)N=[N+]=[N-])[C@H](N)CS(=O)O. The van der Waals surface area contributed by atoms with Crippen LogP contribution in [0.25, 0.3) is 20.9 Å². The minimum absolute atomic E-state index is 0.150. The van der Waals surface area contributed by atoms with Crippen molar-refractivity contribution < 1.29 is 17.5 Å². The topological polar surface area (TPSA) is 224 Å². The Morgan fingerprint density at radius 1 is 0.821 bits per heavy atom. The van der Waals surface area contributed by atoms with Gasteiger partial charge in [0, 0.05) is 44.9 Å². The average molecular weight is 511 g/mol. The Kier molecular flexibility index (Phi) is 18.1. The summed E-state index contributed by atoms with van der Waals surface area (Å²) in [5, 5.41) is 7.03. The van der Waals surface area contributed by atoms with Crippen LogP contribution in [0.1, 0.15) is 0 Å². The van der Waals surface area contributed by atoms with E-state index in [-0.39, 0.29) is 11.5 Å². The lowest BCUT2D eigenvalue weighted by Crippen LogP contribution is -2.39. The maximum atomic E-state index is 10.8. The summed E-state index contributed by atoms with van der Waals surface area (Å²) in [5.41, 5.74) is 28.7. The molecule has 0 aromatic heterocycles. The fourth-order valence-electron chi connectivity index (χ4n) is 1.58. The summed E-state index contributed by atoms with van der Waals surface area (Å²) in [6.45, 7) is 0. The van der Waals surface area contributed by atoms with E-state index in [1.165, 1.54) is 21.6 Å². The van der Waals surface area contributed by atoms with Crippen LogP contribution in [-0.2, 0) is 22.2 Å². The zero-order valence-electron chi connectivity index (χ0n) is 14.6. The van der Waals surface area contributed by atoms with E-state index in [4.69, 9.17) is 31.6 Å². The molecule has 0 saturated carbocycles. The molecule has 0 saturated heterocycles. The normalized spacial score (nSPS) is 17.4. The van der Waals surface area contributed by atoms with Gasteiger partial charge in [0.2, 0.25) is 0 Å². The summed E-state index contributed by atoms with van der Waals surface area (Å²) in [4.78, 5) is 5.37. The molecule has 0 aromatic rings. The summed E-state index contributed by atoms with van der Waals surface area (Å²) in [6.07, 6.45) is 0. The molecule has 0 rings (SSSR count). The second-order valence-electron chi connectivity index (χ2n) is 5.06. The van der Waals surface area contributed by atoms with Gasteiger partial charge in [0.25, 0.3) is 0 Å². The Bertz CT molecular complexity index is 590. The first-order valence-electron chi connectivity index (χ1n) is 7.55. The monoisotopic (exact) mass is 510 g/mol. The van der Waals surface area contributed by atoms with Crippen molar-refractivity contribution in [2.75, 3.05) is 34.5 Å². The van der Waals surface area contributed by atoms with Gasteiger partial charge in [0.05, 0.1) is 23.6 Å². The lowest BCUT2D eigenvalue weighted by Gasteiger charge is -2.17. The third kappa shape index (κ3) is 15.1. The molecule has 0 bridgehead atoms. The van der Waals surface area contributed by atoms with Gasteiger partial charge >= 0.3 is 0 Å². The van der Waals surface area contributed by atoms with Crippen LogP contribution in [0.3, 0.4) is 0 Å². The van der Waals surface area contributed by atoms with Crippen LogP contribution < -0.4 is 11.5 Å². The molecule has 0 aromatic carbocycles. The van der Waals surface area contributed by atoms with Gasteiger partial charge in [-0.3, -0.25) is 0 Å². The van der Waals surface area contributed by atoms with Crippen molar-refractivity contribution in [3.8, 4) is 0 Å². The van der Waals surface area contributed by atoms with E-state index in [0.717, 1.165) is 11.5 Å². The molecule has 6 N–H and O–H groups in total. The molecule has 6 atom stereocenters. The van der Waals surface area contributed by atoms with E-state index < -0.39 is 46.3 Å². The van der Waals surface area contributed by atoms with Gasteiger partial charge in [0.15, 0.2) is 22.2 Å². The van der Waals surface area contributed by atoms with Crippen LogP contribution in [0, 0.1) is 0 Å². The smallest absolute Gasteiger partial charge is 0.154 e. The first-order valence-corrected chi connectivity index (χ1v) is 15.1. The Morgan fingerprint density at radius 3 is 1.82 bits per heavy atom. The molecule has 0 aliphatic carbocycles. The molecule has 0 aliphatic heterocycles. The number of hydrogen-bond donors (Lipinski definition) is 4. The quantitative estimate of drug-likeness (QED) is 0.0557. The van der Waals surface area contributed by atoms with Gasteiger partial charge < -0.3 is 20.6 Å². The third-order valence-corrected chi connectivity index (χ3v) is 9.40. The van der Waals surface area contributed by atoms with Crippen LogP contribution >= 0.6 is 43.2 Å². The highest BCUT2D eigenvalue weighted by molar-refractivity contribution is 8.78. The summed E-state index contributed by atoms with van der Waals surface area (Å²) < 4.78 is 39.4. The van der Waals surface area contributed by atoms with Crippen molar-refractivity contribution in [2.24, 2.45) is 21.7 Å². The second kappa shape index (κ2) is 18.0. The van der Waals surface area contributed by atoms with Crippen LogP contribution in [0.2, 0.25) is 0 Å². The molecule has 0 radical (unpaired) electrons. The second-order valence-corrected chi connectivity index (χ2v) is 12.3. The maximum Gasteiger partial charge on any atom is 0.154 e. The Labute approximate surface area is 183 Å². The molecule has 0 amide bonds. The van der Waals surface area contributed by atoms with Crippen LogP contribution in [-0.4, -0.2) is 76.2 Å². The minimum atomic E-state index is -2.08. The van der Waals surface area contributed by atoms with Gasteiger partial charge in [-0.15, -0.1) is 0 Å². The van der Waals surface area contributed by atoms with Crippen molar-refractivity contribution in [2.45, 2.75) is 24.2 Å². The van der Waals surface area contributed by atoms with E-state index in [9.17, 15) is 8.42 Å². The maximum absolute atomic E-state index is 10.8. The third-order valence-electron chi connectivity index (χ3n) is 2.95. The van der Waals surface area contributed by atoms with Gasteiger partial charge in [-0.1, -0.05) is 53.4 Å². The summed E-state index contributed by atoms with van der Waals surface area (Å²) in [7, 11) is 6.08. The standard InChI is InChI=1S/C10H22N8O4S6/c11-7(10(16-18-14)6-28(21)22)3-25-23-1-2-24-26-4-9(15-17-13)8(12)5-27(19)20/h7-10H,1-6,11-12H2,(H,19,20)(H,21,22)/t7-,8-,9-,10-/m1/s1. The number of hydrogen-bond acceptors (Lipinski definition) is 10. The summed E-state index contributed by atoms with van der Waals surface area (Å²) in [6, 6.07) is -2.49. The Balaban J connectivity index is 3.98. The highest BCUT2D eigenvalue weighted by atomic mass is 33.1. The van der Waals surface area contributed by atoms with Crippen molar-refractivity contribution in [1.82, 2.24) is 0 Å². The first-order chi connectivity index (χ1) is 13.3. The van der Waals surface area contributed by atoms with E-state index in [0.29, 0.717) is 11.5 Å². The molecular weight excluding hydrogens is 489 g/mol. The van der Waals surface area contributed by atoms with Crippen LogP contribution in [0.5, 0.6) is 0 Å². The van der Waals surface area contributed by atoms with Crippen molar-refractivity contribution >= 4 is 65.3 Å². The fraction of sp³-hybridized carbons (Fsp3) is 1.00. The molecule has 0 heterocycles. The largest absolute Gasteiger partial charge is 0.327 e. The molecule has 18 heteroatoms. The molecule has 0 spiro atoms. The van der Waals surface area contributed by atoms with Crippen molar-refractivity contribution in [3.05, 3.63) is 20.9 Å². The molecule has 0 aliphatic rings. The van der Waals surface area contributed by atoms with Crippen LogP contribution in [0.4, 0.5) is 0 Å². The summed E-state index contributed by atoms with van der Waals surface area (Å²) in [5.74, 6) is 2.15. The predicted octanol–water partition coefficient (Wildman–Crippen LogP) is 2.21. The first kappa shape index (κ1) is 28.2. The molecule has 2 unspecified atom stereocenters. The predicted molar refractivity (Wildman–Crippen MR) is 123 cm³/mol. The zero-order chi connectivity index (χ0) is 21.4. The van der Waals surface area contributed by atoms with Crippen molar-refractivity contribution in [1.29, 1.82) is 0 Å². The Morgan fingerprint density at radius 2 is 1.32 bits per heavy atom. The molecule has 12 nitrogen and oxygen atoms in total. The van der Waals surface area contributed by atoms with Gasteiger partial charge in [-0.2, -0.15) is 0 Å². The van der Waals surface area contributed by atoms with E-state index >= 15 is 0 Å². The van der Waals surface area contributed by atoms with Crippen LogP contribution in [0.15, 0.2) is 10.2 Å². The lowest BCUT2D eigenvalue weighted by molar-refractivity contribution is 0.539. The highest BCUT2D eigenvalue weighted by Crippen LogP contribution is 2.28. The molecular formula is C10H22N8O4S6. The number of nitrogens with two attached hydrogens (primary N) is 2. The fourth-order valence-corrected chi connectivity index (χ4v) is 7.94. The average Bonchev–Trinajstić information content (AvgIpc) is 2.61. The van der Waals surface area contributed by atoms with E-state index in [1.54, 1.807) is 21.6 Å². The lowest BCUT2D eigenvalue weighted by atomic mass is 10.2. The number of azide groups is 2. The zero-order valence-corrected chi connectivity index (χ0v) is 19.4.